The minimum atomic E-state index is -0.166. The molecule has 0 bridgehead atoms. The van der Waals surface area contributed by atoms with Gasteiger partial charge in [-0.05, 0) is 36.2 Å². The van der Waals surface area contributed by atoms with Gasteiger partial charge in [0.15, 0.2) is 0 Å². The third kappa shape index (κ3) is 4.19. The van der Waals surface area contributed by atoms with E-state index < -0.39 is 0 Å². The van der Waals surface area contributed by atoms with Crippen molar-refractivity contribution in [3.8, 4) is 17.0 Å². The van der Waals surface area contributed by atoms with E-state index in [1.807, 2.05) is 48.5 Å². The van der Waals surface area contributed by atoms with Crippen molar-refractivity contribution in [1.82, 2.24) is 15.5 Å². The molecule has 128 valence electrons. The summed E-state index contributed by atoms with van der Waals surface area (Å²) >= 11 is 5.87. The molecule has 0 aliphatic carbocycles. The molecule has 25 heavy (non-hydrogen) atoms. The van der Waals surface area contributed by atoms with Crippen molar-refractivity contribution in [3.05, 3.63) is 70.9 Å². The van der Waals surface area contributed by atoms with Gasteiger partial charge in [-0.3, -0.25) is 9.89 Å². The Bertz CT molecular complexity index is 859. The molecule has 3 rings (SSSR count). The van der Waals surface area contributed by atoms with Crippen LogP contribution in [0, 0.1) is 0 Å². The molecule has 0 fully saturated rings. The van der Waals surface area contributed by atoms with E-state index in [-0.39, 0.29) is 5.91 Å². The van der Waals surface area contributed by atoms with Crippen LogP contribution in [0.5, 0.6) is 5.75 Å². The number of aromatic nitrogens is 2. The smallest absolute Gasteiger partial charge is 0.255 e. The Kier molecular flexibility index (Phi) is 5.36. The van der Waals surface area contributed by atoms with E-state index in [0.717, 1.165) is 23.3 Å². The molecule has 5 nitrogen and oxygen atoms in total. The van der Waals surface area contributed by atoms with Gasteiger partial charge < -0.3 is 10.1 Å². The normalized spacial score (nSPS) is 10.5. The first-order valence-electron chi connectivity index (χ1n) is 7.88. The highest BCUT2D eigenvalue weighted by Crippen LogP contribution is 2.24. The van der Waals surface area contributed by atoms with Gasteiger partial charge in [0, 0.05) is 17.1 Å². The monoisotopic (exact) mass is 355 g/mol. The number of carbonyl (C=O) groups excluding carboxylic acids is 1. The number of hydrogen-bond donors (Lipinski definition) is 2. The number of amides is 1. The second-order valence-electron chi connectivity index (χ2n) is 5.52. The lowest BCUT2D eigenvalue weighted by atomic mass is 10.1. The maximum Gasteiger partial charge on any atom is 0.255 e. The summed E-state index contributed by atoms with van der Waals surface area (Å²) in [5.74, 6) is 0.557. The zero-order valence-corrected chi connectivity index (χ0v) is 14.5. The number of nitrogens with one attached hydrogen (secondary N) is 2. The molecule has 2 N–H and O–H groups in total. The second-order valence-corrected chi connectivity index (χ2v) is 5.96. The fourth-order valence-corrected chi connectivity index (χ4v) is 2.65. The number of nitrogens with zero attached hydrogens (tertiary/aromatic N) is 1. The van der Waals surface area contributed by atoms with Gasteiger partial charge in [0.25, 0.3) is 5.91 Å². The number of hydrogen-bond acceptors (Lipinski definition) is 3. The number of halogens is 1. The fourth-order valence-electron chi connectivity index (χ4n) is 2.52. The van der Waals surface area contributed by atoms with Gasteiger partial charge in [-0.2, -0.15) is 5.10 Å². The van der Waals surface area contributed by atoms with Crippen LogP contribution in [0.15, 0.2) is 54.7 Å². The Balaban J connectivity index is 1.67. The molecule has 0 aliphatic heterocycles. The van der Waals surface area contributed by atoms with Crippen molar-refractivity contribution in [1.29, 1.82) is 0 Å². The molecule has 6 heteroatoms. The lowest BCUT2D eigenvalue weighted by molar-refractivity contribution is 0.0955. The number of H-pyrrole nitrogens is 1. The van der Waals surface area contributed by atoms with Crippen LogP contribution < -0.4 is 10.1 Å². The second kappa shape index (κ2) is 7.85. The van der Waals surface area contributed by atoms with E-state index in [9.17, 15) is 4.79 Å². The maximum absolute atomic E-state index is 12.5. The summed E-state index contributed by atoms with van der Waals surface area (Å²) in [7, 11) is 1.61. The van der Waals surface area contributed by atoms with Crippen LogP contribution in [0.4, 0.5) is 0 Å². The van der Waals surface area contributed by atoms with Gasteiger partial charge in [0.1, 0.15) is 5.75 Å². The Morgan fingerprint density at radius 1 is 1.24 bits per heavy atom. The summed E-state index contributed by atoms with van der Waals surface area (Å²) in [5, 5.41) is 10.5. The quantitative estimate of drug-likeness (QED) is 0.708. The summed E-state index contributed by atoms with van der Waals surface area (Å²) in [4.78, 5) is 12.5. The first kappa shape index (κ1) is 17.0. The van der Waals surface area contributed by atoms with E-state index in [1.54, 1.807) is 7.11 Å². The summed E-state index contributed by atoms with van der Waals surface area (Å²) in [6, 6.07) is 15.1. The molecule has 0 atom stereocenters. The first-order chi connectivity index (χ1) is 12.2. The van der Waals surface area contributed by atoms with Crippen molar-refractivity contribution in [2.75, 3.05) is 13.7 Å². The van der Waals surface area contributed by atoms with E-state index in [1.165, 1.54) is 6.20 Å². The molecule has 0 saturated carbocycles. The Morgan fingerprint density at radius 3 is 2.80 bits per heavy atom. The van der Waals surface area contributed by atoms with Crippen LogP contribution in [0.2, 0.25) is 5.02 Å². The van der Waals surface area contributed by atoms with Gasteiger partial charge in [-0.15, -0.1) is 0 Å². The lowest BCUT2D eigenvalue weighted by Crippen LogP contribution is -2.25. The maximum atomic E-state index is 12.5. The predicted octanol–water partition coefficient (Wildman–Crippen LogP) is 3.71. The van der Waals surface area contributed by atoms with Gasteiger partial charge in [-0.1, -0.05) is 35.9 Å². The molecule has 1 aromatic heterocycles. The minimum absolute atomic E-state index is 0.166. The zero-order valence-electron chi connectivity index (χ0n) is 13.8. The summed E-state index contributed by atoms with van der Waals surface area (Å²) in [5.41, 5.74) is 3.14. The third-order valence-electron chi connectivity index (χ3n) is 3.85. The molecule has 0 unspecified atom stereocenters. The topological polar surface area (TPSA) is 67.0 Å². The van der Waals surface area contributed by atoms with Gasteiger partial charge in [-0.25, -0.2) is 0 Å². The number of ether oxygens (including phenoxy) is 1. The van der Waals surface area contributed by atoms with Crippen molar-refractivity contribution >= 4 is 17.5 Å². The summed E-state index contributed by atoms with van der Waals surface area (Å²) in [6.45, 7) is 0.531. The number of rotatable bonds is 6. The van der Waals surface area contributed by atoms with Gasteiger partial charge in [0.05, 0.1) is 24.6 Å². The molecular formula is C19H18ClN3O2. The summed E-state index contributed by atoms with van der Waals surface area (Å²) in [6.07, 6.45) is 2.27. The van der Waals surface area contributed by atoms with Crippen molar-refractivity contribution < 1.29 is 9.53 Å². The molecule has 0 spiro atoms. The van der Waals surface area contributed by atoms with E-state index >= 15 is 0 Å². The third-order valence-corrected chi connectivity index (χ3v) is 4.11. The van der Waals surface area contributed by atoms with Crippen molar-refractivity contribution in [2.24, 2.45) is 0 Å². The minimum Gasteiger partial charge on any atom is -0.497 e. The molecule has 0 saturated heterocycles. The highest BCUT2D eigenvalue weighted by atomic mass is 35.5. The summed E-state index contributed by atoms with van der Waals surface area (Å²) < 4.78 is 5.23. The molecule has 0 aliphatic rings. The molecule has 1 amide bonds. The Hall–Kier alpha value is -2.79. The van der Waals surface area contributed by atoms with Crippen molar-refractivity contribution in [3.63, 3.8) is 0 Å². The standard InChI is InChI=1S/C19H18ClN3O2/c1-25-16-4-2-3-14(11-16)18-17(12-22-23-18)19(24)21-10-9-13-5-7-15(20)8-6-13/h2-8,11-12H,9-10H2,1H3,(H,21,24)(H,22,23). The Labute approximate surface area is 151 Å². The van der Waals surface area contributed by atoms with E-state index in [2.05, 4.69) is 15.5 Å². The molecule has 2 aromatic carbocycles. The van der Waals surface area contributed by atoms with Crippen LogP contribution in [-0.4, -0.2) is 29.8 Å². The average Bonchev–Trinajstić information content (AvgIpc) is 3.13. The van der Waals surface area contributed by atoms with Gasteiger partial charge in [0.2, 0.25) is 0 Å². The van der Waals surface area contributed by atoms with Crippen LogP contribution in [0.25, 0.3) is 11.3 Å². The van der Waals surface area contributed by atoms with Crippen LogP contribution >= 0.6 is 11.6 Å². The predicted molar refractivity (Wildman–Crippen MR) is 98.1 cm³/mol. The molecule has 1 heterocycles. The number of aromatic amines is 1. The van der Waals surface area contributed by atoms with E-state index in [4.69, 9.17) is 16.3 Å². The zero-order chi connectivity index (χ0) is 17.6. The van der Waals surface area contributed by atoms with Crippen LogP contribution in [0.3, 0.4) is 0 Å². The van der Waals surface area contributed by atoms with Crippen molar-refractivity contribution in [2.45, 2.75) is 6.42 Å². The Morgan fingerprint density at radius 2 is 2.04 bits per heavy atom. The molecular weight excluding hydrogens is 338 g/mol. The van der Waals surface area contributed by atoms with Gasteiger partial charge >= 0.3 is 0 Å². The number of benzene rings is 2. The first-order valence-corrected chi connectivity index (χ1v) is 8.25. The fraction of sp³-hybridized carbons (Fsp3) is 0.158. The highest BCUT2D eigenvalue weighted by Gasteiger charge is 2.15. The highest BCUT2D eigenvalue weighted by molar-refractivity contribution is 6.30. The SMILES string of the molecule is COc1cccc(-c2[nH]ncc2C(=O)NCCc2ccc(Cl)cc2)c1. The molecule has 0 radical (unpaired) electrons. The number of carbonyl (C=O) groups is 1. The lowest BCUT2D eigenvalue weighted by Gasteiger charge is -2.07. The van der Waals surface area contributed by atoms with Crippen LogP contribution in [0.1, 0.15) is 15.9 Å². The van der Waals surface area contributed by atoms with Crippen LogP contribution in [-0.2, 0) is 6.42 Å². The molecule has 3 aromatic rings. The largest absolute Gasteiger partial charge is 0.497 e. The average molecular weight is 356 g/mol. The number of methoxy groups -OCH3 is 1. The van der Waals surface area contributed by atoms with E-state index in [0.29, 0.717) is 22.8 Å².